The van der Waals surface area contributed by atoms with Crippen LogP contribution in [0.2, 0.25) is 0 Å². The molecule has 2 aromatic rings. The van der Waals surface area contributed by atoms with Crippen LogP contribution >= 0.6 is 11.3 Å². The van der Waals surface area contributed by atoms with Crippen LogP contribution in [-0.2, 0) is 11.2 Å². The van der Waals surface area contributed by atoms with Crippen LogP contribution in [0, 0.1) is 0 Å². The molecule has 0 spiro atoms. The number of ketones is 1. The van der Waals surface area contributed by atoms with E-state index in [4.69, 9.17) is 4.42 Å². The first-order valence-electron chi connectivity index (χ1n) is 11.3. The van der Waals surface area contributed by atoms with E-state index in [1.165, 1.54) is 18.1 Å². The van der Waals surface area contributed by atoms with E-state index in [1.807, 2.05) is 13.0 Å². The molecule has 1 amide bonds. The molecule has 180 valence electrons. The summed E-state index contributed by atoms with van der Waals surface area (Å²) in [5, 5.41) is 13.0. The number of ether oxygens (including phenoxy) is 1. The number of Topliss-reactive ketones (excluding diaryl/α,β-unsaturated/α-hetero) is 1. The second-order valence-corrected chi connectivity index (χ2v) is 9.28. The Labute approximate surface area is 198 Å². The third kappa shape index (κ3) is 7.89. The van der Waals surface area contributed by atoms with E-state index in [0.717, 1.165) is 37.0 Å². The number of methoxy groups -OCH3 is 1. The minimum atomic E-state index is -0.836. The fourth-order valence-electron chi connectivity index (χ4n) is 3.36. The van der Waals surface area contributed by atoms with Crippen molar-refractivity contribution in [3.8, 4) is 5.75 Å². The highest BCUT2D eigenvalue weighted by molar-refractivity contribution is 7.12. The molecule has 0 aromatic carbocycles. The fourth-order valence-corrected chi connectivity index (χ4v) is 4.42. The normalized spacial score (nSPS) is 12.4. The third-order valence-electron chi connectivity index (χ3n) is 5.36. The number of thiophene rings is 1. The number of nitrogens with one attached hydrogen (secondary N) is 1. The molecule has 0 aliphatic rings. The molecule has 0 saturated heterocycles. The van der Waals surface area contributed by atoms with Crippen LogP contribution in [0.3, 0.4) is 0 Å². The molecule has 0 fully saturated rings. The van der Waals surface area contributed by atoms with Crippen LogP contribution in [0.25, 0.3) is 6.08 Å². The first-order valence-corrected chi connectivity index (χ1v) is 12.1. The summed E-state index contributed by atoms with van der Waals surface area (Å²) in [5.41, 5.74) is -0.818. The van der Waals surface area contributed by atoms with Crippen molar-refractivity contribution in [3.63, 3.8) is 0 Å². The molecule has 33 heavy (non-hydrogen) atoms. The number of aromatic hydroxyl groups is 1. The standard InChI is InChI=1S/C25H33NO6S/c1-5-6-10-18-11-12-19(33-18)14-17(3)23(28)22-20(27)15-21(32-24(22)29)16(2)9-7-8-13-26-25(30)31-4/h11-12,14-16,27H,5-10,13H2,1-4H3,(H,26,30)/b17-14+. The van der Waals surface area contributed by atoms with E-state index in [9.17, 15) is 19.5 Å². The summed E-state index contributed by atoms with van der Waals surface area (Å²) in [6.07, 6.45) is 6.71. The molecule has 0 aliphatic carbocycles. The molecule has 0 radical (unpaired) electrons. The van der Waals surface area contributed by atoms with Crippen molar-refractivity contribution >= 4 is 29.3 Å². The minimum absolute atomic E-state index is 0.129. The Morgan fingerprint density at radius 2 is 2.03 bits per heavy atom. The molecule has 0 bridgehead atoms. The Morgan fingerprint density at radius 3 is 2.70 bits per heavy atom. The zero-order valence-corrected chi connectivity index (χ0v) is 20.5. The van der Waals surface area contributed by atoms with Crippen LogP contribution in [-0.4, -0.2) is 30.6 Å². The SMILES string of the molecule is CCCCc1ccc(/C=C(\C)C(=O)c2c(O)cc(C(C)CCCCNC(=O)OC)oc2=O)s1. The Balaban J connectivity index is 2.04. The lowest BCUT2D eigenvalue weighted by Crippen LogP contribution is -2.23. The maximum Gasteiger partial charge on any atom is 0.406 e. The zero-order valence-electron chi connectivity index (χ0n) is 19.7. The van der Waals surface area contributed by atoms with Crippen molar-refractivity contribution in [2.75, 3.05) is 13.7 Å². The molecule has 2 heterocycles. The predicted octanol–water partition coefficient (Wildman–Crippen LogP) is 5.67. The monoisotopic (exact) mass is 475 g/mol. The third-order valence-corrected chi connectivity index (χ3v) is 6.45. The number of carbonyl (C=O) groups excluding carboxylic acids is 2. The number of alkyl carbamates (subject to hydrolysis) is 1. The summed E-state index contributed by atoms with van der Waals surface area (Å²) >= 11 is 1.62. The summed E-state index contributed by atoms with van der Waals surface area (Å²) in [6, 6.07) is 5.37. The van der Waals surface area contributed by atoms with Crippen molar-refractivity contribution in [3.05, 3.63) is 55.3 Å². The average molecular weight is 476 g/mol. The quantitative estimate of drug-likeness (QED) is 0.233. The second-order valence-electron chi connectivity index (χ2n) is 8.08. The molecule has 2 aromatic heterocycles. The Kier molecular flexibility index (Phi) is 10.4. The molecule has 0 saturated carbocycles. The van der Waals surface area contributed by atoms with Gasteiger partial charge in [-0.2, -0.15) is 0 Å². The van der Waals surface area contributed by atoms with Crippen molar-refractivity contribution in [1.29, 1.82) is 0 Å². The van der Waals surface area contributed by atoms with Gasteiger partial charge in [0.05, 0.1) is 7.11 Å². The smallest absolute Gasteiger partial charge is 0.406 e. The van der Waals surface area contributed by atoms with E-state index < -0.39 is 17.5 Å². The Morgan fingerprint density at radius 1 is 1.27 bits per heavy atom. The number of allylic oxidation sites excluding steroid dienone is 1. The van der Waals surface area contributed by atoms with Crippen molar-refractivity contribution in [1.82, 2.24) is 5.32 Å². The number of rotatable bonds is 12. The maximum absolute atomic E-state index is 12.8. The van der Waals surface area contributed by atoms with Gasteiger partial charge in [0.2, 0.25) is 0 Å². The highest BCUT2D eigenvalue weighted by atomic mass is 32.1. The summed E-state index contributed by atoms with van der Waals surface area (Å²) in [4.78, 5) is 38.6. The number of hydrogen-bond acceptors (Lipinski definition) is 7. The van der Waals surface area contributed by atoms with Gasteiger partial charge in [0.1, 0.15) is 17.1 Å². The molecular weight excluding hydrogens is 442 g/mol. The van der Waals surface area contributed by atoms with Crippen LogP contribution in [0.1, 0.15) is 84.7 Å². The molecule has 7 nitrogen and oxygen atoms in total. The van der Waals surface area contributed by atoms with Crippen molar-refractivity contribution in [2.45, 2.75) is 65.2 Å². The highest BCUT2D eigenvalue weighted by Crippen LogP contribution is 2.27. The largest absolute Gasteiger partial charge is 0.507 e. The van der Waals surface area contributed by atoms with Crippen LogP contribution in [0.5, 0.6) is 5.75 Å². The van der Waals surface area contributed by atoms with Gasteiger partial charge in [0.15, 0.2) is 5.78 Å². The Hall–Kier alpha value is -2.87. The first-order chi connectivity index (χ1) is 15.8. The van der Waals surface area contributed by atoms with Gasteiger partial charge in [-0.05, 0) is 56.4 Å². The fraction of sp³-hybridized carbons (Fsp3) is 0.480. The van der Waals surface area contributed by atoms with Gasteiger partial charge in [-0.3, -0.25) is 4.79 Å². The van der Waals surface area contributed by atoms with Crippen LogP contribution in [0.15, 0.2) is 33.0 Å². The summed E-state index contributed by atoms with van der Waals surface area (Å²) < 4.78 is 9.89. The van der Waals surface area contributed by atoms with Crippen molar-refractivity contribution in [2.24, 2.45) is 0 Å². The molecule has 2 rings (SSSR count). The molecule has 8 heteroatoms. The molecule has 1 unspecified atom stereocenters. The van der Waals surface area contributed by atoms with E-state index >= 15 is 0 Å². The molecule has 1 atom stereocenters. The molecule has 0 aliphatic heterocycles. The van der Waals surface area contributed by atoms with Gasteiger partial charge in [-0.15, -0.1) is 11.3 Å². The topological polar surface area (TPSA) is 106 Å². The first kappa shape index (κ1) is 26.4. The second kappa shape index (κ2) is 13.0. The average Bonchev–Trinajstić information content (AvgIpc) is 3.23. The van der Waals surface area contributed by atoms with Gasteiger partial charge in [-0.1, -0.05) is 26.7 Å². The van der Waals surface area contributed by atoms with Crippen molar-refractivity contribution < 1.29 is 23.8 Å². The minimum Gasteiger partial charge on any atom is -0.507 e. The summed E-state index contributed by atoms with van der Waals surface area (Å²) in [5.74, 6) is -0.712. The molecular formula is C25H33NO6S. The summed E-state index contributed by atoms with van der Waals surface area (Å²) in [6.45, 7) is 6.14. The number of carbonyl (C=O) groups is 2. The maximum atomic E-state index is 12.8. The Bertz CT molecular complexity index is 1040. The zero-order chi connectivity index (χ0) is 24.4. The lowest BCUT2D eigenvalue weighted by Gasteiger charge is -2.12. The van der Waals surface area contributed by atoms with Gasteiger partial charge in [0.25, 0.3) is 0 Å². The lowest BCUT2D eigenvalue weighted by molar-refractivity contribution is 0.102. The van der Waals surface area contributed by atoms with Gasteiger partial charge >= 0.3 is 11.7 Å². The number of hydrogen-bond donors (Lipinski definition) is 2. The number of amides is 1. The van der Waals surface area contributed by atoms with E-state index in [2.05, 4.69) is 23.0 Å². The van der Waals surface area contributed by atoms with E-state index in [0.29, 0.717) is 24.3 Å². The van der Waals surface area contributed by atoms with Gasteiger partial charge in [0, 0.05) is 28.3 Å². The van der Waals surface area contributed by atoms with E-state index in [1.54, 1.807) is 24.3 Å². The highest BCUT2D eigenvalue weighted by Gasteiger charge is 2.22. The van der Waals surface area contributed by atoms with E-state index in [-0.39, 0.29) is 17.2 Å². The number of unbranched alkanes of at least 4 members (excludes halogenated alkanes) is 2. The van der Waals surface area contributed by atoms with Gasteiger partial charge in [-0.25, -0.2) is 9.59 Å². The number of aryl methyl sites for hydroxylation is 1. The van der Waals surface area contributed by atoms with Gasteiger partial charge < -0.3 is 19.6 Å². The predicted molar refractivity (Wildman–Crippen MR) is 130 cm³/mol. The molecule has 2 N–H and O–H groups in total. The van der Waals surface area contributed by atoms with Crippen LogP contribution in [0.4, 0.5) is 4.79 Å². The lowest BCUT2D eigenvalue weighted by atomic mass is 9.99. The van der Waals surface area contributed by atoms with Crippen LogP contribution < -0.4 is 10.9 Å². The summed E-state index contributed by atoms with van der Waals surface area (Å²) in [7, 11) is 1.31.